The van der Waals surface area contributed by atoms with E-state index < -0.39 is 8.80 Å². The number of rotatable bonds is 13. The van der Waals surface area contributed by atoms with Gasteiger partial charge >= 0.3 is 8.80 Å². The van der Waals surface area contributed by atoms with Gasteiger partial charge in [0.15, 0.2) is 0 Å². The summed E-state index contributed by atoms with van der Waals surface area (Å²) in [5.74, 6) is 0. The topological polar surface area (TPSA) is 51.8 Å². The van der Waals surface area contributed by atoms with Crippen LogP contribution in [0.3, 0.4) is 0 Å². The monoisotopic (exact) mass is 338 g/mol. The van der Waals surface area contributed by atoms with Crippen LogP contribution < -0.4 is 10.6 Å². The molecule has 0 aliphatic carbocycles. The third kappa shape index (κ3) is 6.95. The zero-order chi connectivity index (χ0) is 17.0. The Labute approximate surface area is 141 Å². The molecular weight excluding hydrogens is 308 g/mol. The van der Waals surface area contributed by atoms with Crippen molar-refractivity contribution in [2.24, 2.45) is 0 Å². The molecule has 1 aromatic carbocycles. The minimum atomic E-state index is -2.42. The summed E-state index contributed by atoms with van der Waals surface area (Å²) in [7, 11) is 2.52. The Morgan fingerprint density at radius 2 is 1.70 bits per heavy atom. The van der Waals surface area contributed by atoms with Gasteiger partial charge in [-0.05, 0) is 18.5 Å². The van der Waals surface area contributed by atoms with E-state index in [9.17, 15) is 0 Å². The summed E-state index contributed by atoms with van der Waals surface area (Å²) in [5, 5.41) is 6.90. The van der Waals surface area contributed by atoms with E-state index in [4.69, 9.17) is 13.3 Å². The van der Waals surface area contributed by atoms with E-state index in [1.165, 1.54) is 5.56 Å². The van der Waals surface area contributed by atoms with Gasteiger partial charge in [0.25, 0.3) is 0 Å². The van der Waals surface area contributed by atoms with E-state index in [1.807, 2.05) is 24.3 Å². The van der Waals surface area contributed by atoms with Crippen molar-refractivity contribution in [3.05, 3.63) is 48.6 Å². The maximum atomic E-state index is 5.40. The van der Waals surface area contributed by atoms with E-state index in [0.29, 0.717) is 0 Å². The van der Waals surface area contributed by atoms with Crippen LogP contribution in [0.5, 0.6) is 0 Å². The normalized spacial score (nSPS) is 13.0. The number of hydrogen-bond acceptors (Lipinski definition) is 5. The molecule has 0 saturated heterocycles. The minimum absolute atomic E-state index is 0.188. The molecule has 0 amide bonds. The molecule has 0 aliphatic rings. The molecule has 0 aromatic heterocycles. The molecule has 130 valence electrons. The molecule has 0 saturated carbocycles. The highest BCUT2D eigenvalue weighted by atomic mass is 28.4. The van der Waals surface area contributed by atoms with Crippen molar-refractivity contribution in [3.8, 4) is 0 Å². The highest BCUT2D eigenvalue weighted by molar-refractivity contribution is 6.60. The molecule has 0 spiro atoms. The highest BCUT2D eigenvalue weighted by Gasteiger charge is 2.36. The smallest absolute Gasteiger partial charge is 0.377 e. The molecule has 1 unspecified atom stereocenters. The van der Waals surface area contributed by atoms with Crippen LogP contribution in [0.1, 0.15) is 18.0 Å². The van der Waals surface area contributed by atoms with Crippen molar-refractivity contribution in [1.82, 2.24) is 10.6 Å². The first-order valence-electron chi connectivity index (χ1n) is 7.98. The average Bonchev–Trinajstić information content (AvgIpc) is 2.62. The molecule has 2 N–H and O–H groups in total. The number of benzene rings is 1. The Morgan fingerprint density at radius 1 is 1.04 bits per heavy atom. The summed E-state index contributed by atoms with van der Waals surface area (Å²) in [4.78, 5) is 0. The van der Waals surface area contributed by atoms with Gasteiger partial charge in [-0.1, -0.05) is 36.4 Å². The van der Waals surface area contributed by atoms with Crippen LogP contribution in [0.15, 0.2) is 43.0 Å². The maximum absolute atomic E-state index is 5.40. The number of nitrogens with one attached hydrogen (secondary N) is 2. The lowest BCUT2D eigenvalue weighted by molar-refractivity contribution is 0.123. The molecule has 0 bridgehead atoms. The van der Waals surface area contributed by atoms with Crippen molar-refractivity contribution in [2.75, 3.05) is 41.0 Å². The first kappa shape index (κ1) is 20.0. The molecule has 1 atom stereocenters. The second kappa shape index (κ2) is 11.5. The first-order valence-corrected chi connectivity index (χ1v) is 9.91. The molecule has 6 heteroatoms. The van der Waals surface area contributed by atoms with Crippen LogP contribution in [0.4, 0.5) is 0 Å². The molecule has 1 rings (SSSR count). The van der Waals surface area contributed by atoms with E-state index in [-0.39, 0.29) is 6.04 Å². The second-order valence-corrected chi connectivity index (χ2v) is 8.32. The molecule has 0 radical (unpaired) electrons. The number of hydrogen-bond donors (Lipinski definition) is 2. The minimum Gasteiger partial charge on any atom is -0.377 e. The predicted octanol–water partition coefficient (Wildman–Crippen LogP) is 2.36. The molecule has 23 heavy (non-hydrogen) atoms. The molecule has 0 fully saturated rings. The maximum Gasteiger partial charge on any atom is 0.500 e. The lowest BCUT2D eigenvalue weighted by Crippen LogP contribution is -2.43. The van der Waals surface area contributed by atoms with Crippen LogP contribution in [0.2, 0.25) is 6.04 Å². The fourth-order valence-electron chi connectivity index (χ4n) is 2.42. The fourth-order valence-corrected chi connectivity index (χ4v) is 4.15. The quantitative estimate of drug-likeness (QED) is 0.328. The Kier molecular flexibility index (Phi) is 10.0. The SMILES string of the molecule is C=CC(NCCNCCC[Si](OC)(OC)OC)c1ccccc1. The summed E-state index contributed by atoms with van der Waals surface area (Å²) >= 11 is 0. The van der Waals surface area contributed by atoms with Crippen LogP contribution in [-0.4, -0.2) is 49.8 Å². The Hall–Kier alpha value is -1.02. The Morgan fingerprint density at radius 3 is 2.26 bits per heavy atom. The van der Waals surface area contributed by atoms with Crippen LogP contribution in [0.25, 0.3) is 0 Å². The van der Waals surface area contributed by atoms with Gasteiger partial charge in [0.2, 0.25) is 0 Å². The van der Waals surface area contributed by atoms with Crippen molar-refractivity contribution in [1.29, 1.82) is 0 Å². The fraction of sp³-hybridized carbons (Fsp3) is 0.529. The largest absolute Gasteiger partial charge is 0.500 e. The first-order chi connectivity index (χ1) is 11.2. The van der Waals surface area contributed by atoms with Gasteiger partial charge in [-0.15, -0.1) is 6.58 Å². The highest BCUT2D eigenvalue weighted by Crippen LogP contribution is 2.14. The van der Waals surface area contributed by atoms with Crippen molar-refractivity contribution in [2.45, 2.75) is 18.5 Å². The van der Waals surface area contributed by atoms with Gasteiger partial charge < -0.3 is 23.9 Å². The molecule has 5 nitrogen and oxygen atoms in total. The van der Waals surface area contributed by atoms with E-state index >= 15 is 0 Å². The third-order valence-electron chi connectivity index (χ3n) is 3.83. The molecule has 0 aliphatic heterocycles. The standard InChI is InChI=1S/C17H30N2O3Si/c1-5-17(16-10-7-6-8-11-16)19-14-13-18-12-9-15-23(20-2,21-3)22-4/h5-8,10-11,17-19H,1,9,12-15H2,2-4H3. The Balaban J connectivity index is 2.17. The summed E-state index contributed by atoms with van der Waals surface area (Å²) in [5.41, 5.74) is 1.23. The molecule has 1 aromatic rings. The van der Waals surface area contributed by atoms with Crippen molar-refractivity contribution in [3.63, 3.8) is 0 Å². The average molecular weight is 339 g/mol. The van der Waals surface area contributed by atoms with E-state index in [0.717, 1.165) is 32.1 Å². The van der Waals surface area contributed by atoms with Crippen LogP contribution in [-0.2, 0) is 13.3 Å². The zero-order valence-electron chi connectivity index (χ0n) is 14.5. The van der Waals surface area contributed by atoms with Gasteiger partial charge in [-0.3, -0.25) is 0 Å². The predicted molar refractivity (Wildman–Crippen MR) is 96.5 cm³/mol. The lowest BCUT2D eigenvalue weighted by atomic mass is 10.1. The van der Waals surface area contributed by atoms with Gasteiger partial charge in [0.1, 0.15) is 0 Å². The van der Waals surface area contributed by atoms with E-state index in [2.05, 4.69) is 29.3 Å². The summed E-state index contributed by atoms with van der Waals surface area (Å²) < 4.78 is 16.2. The molecule has 0 heterocycles. The van der Waals surface area contributed by atoms with E-state index in [1.54, 1.807) is 21.3 Å². The lowest BCUT2D eigenvalue weighted by Gasteiger charge is -2.24. The van der Waals surface area contributed by atoms with Crippen molar-refractivity contribution < 1.29 is 13.3 Å². The van der Waals surface area contributed by atoms with Crippen molar-refractivity contribution >= 4 is 8.80 Å². The Bertz CT molecular complexity index is 419. The zero-order valence-corrected chi connectivity index (χ0v) is 15.5. The van der Waals surface area contributed by atoms with Gasteiger partial charge in [-0.2, -0.15) is 0 Å². The molecular formula is C17H30N2O3Si. The summed E-state index contributed by atoms with van der Waals surface area (Å²) in [6.45, 7) is 6.60. The van der Waals surface area contributed by atoms with Crippen LogP contribution >= 0.6 is 0 Å². The third-order valence-corrected chi connectivity index (χ3v) is 6.66. The summed E-state index contributed by atoms with van der Waals surface area (Å²) in [6.07, 6.45) is 2.90. The van der Waals surface area contributed by atoms with Gasteiger partial charge in [0, 0.05) is 40.5 Å². The van der Waals surface area contributed by atoms with Crippen LogP contribution in [0, 0.1) is 0 Å². The summed E-state index contributed by atoms with van der Waals surface area (Å²) in [6, 6.07) is 11.3. The van der Waals surface area contributed by atoms with Gasteiger partial charge in [0.05, 0.1) is 6.04 Å². The van der Waals surface area contributed by atoms with Gasteiger partial charge in [-0.25, -0.2) is 0 Å². The second-order valence-electron chi connectivity index (χ2n) is 5.23.